The van der Waals surface area contributed by atoms with Crippen LogP contribution in [-0.2, 0) is 16.0 Å². The number of halogens is 2. The largest absolute Gasteiger partial charge is 0.452 e. The highest BCUT2D eigenvalue weighted by molar-refractivity contribution is 6.37. The number of hydrogen-bond donors (Lipinski definition) is 1. The van der Waals surface area contributed by atoms with E-state index in [-0.39, 0.29) is 39.9 Å². The van der Waals surface area contributed by atoms with Gasteiger partial charge >= 0.3 is 5.97 Å². The van der Waals surface area contributed by atoms with Crippen molar-refractivity contribution in [3.05, 3.63) is 57.6 Å². The Morgan fingerprint density at radius 2 is 2.00 bits per heavy atom. The quantitative estimate of drug-likeness (QED) is 0.652. The number of carbonyl (C=O) groups is 2. The lowest BCUT2D eigenvalue weighted by molar-refractivity contribution is -0.122. The van der Waals surface area contributed by atoms with E-state index in [4.69, 9.17) is 33.7 Å². The van der Waals surface area contributed by atoms with Crippen molar-refractivity contribution >= 4 is 46.5 Å². The third-order valence-electron chi connectivity index (χ3n) is 4.12. The molecule has 7 heteroatoms. The summed E-state index contributed by atoms with van der Waals surface area (Å²) in [6, 6.07) is 10.5. The Balaban J connectivity index is 1.72. The lowest BCUT2D eigenvalue weighted by atomic mass is 10.1. The summed E-state index contributed by atoms with van der Waals surface area (Å²) in [5.41, 5.74) is 7.84. The van der Waals surface area contributed by atoms with Gasteiger partial charge in [0.15, 0.2) is 6.61 Å². The molecule has 0 aliphatic carbocycles. The molecule has 1 heterocycles. The smallest absolute Gasteiger partial charge is 0.340 e. The van der Waals surface area contributed by atoms with E-state index in [9.17, 15) is 9.59 Å². The molecule has 25 heavy (non-hydrogen) atoms. The molecule has 2 N–H and O–H groups in total. The number of hydrogen-bond acceptors (Lipinski definition) is 4. The Kier molecular flexibility index (Phi) is 4.88. The minimum Gasteiger partial charge on any atom is -0.452 e. The molecule has 1 aliphatic rings. The van der Waals surface area contributed by atoms with Crippen LogP contribution in [-0.4, -0.2) is 24.5 Å². The molecule has 0 spiro atoms. The van der Waals surface area contributed by atoms with E-state index in [0.717, 1.165) is 17.7 Å². The highest BCUT2D eigenvalue weighted by atomic mass is 35.5. The van der Waals surface area contributed by atoms with Crippen LogP contribution in [0.15, 0.2) is 36.4 Å². The van der Waals surface area contributed by atoms with Crippen LogP contribution < -0.4 is 10.6 Å². The van der Waals surface area contributed by atoms with E-state index in [1.807, 2.05) is 31.2 Å². The highest BCUT2D eigenvalue weighted by Gasteiger charge is 2.31. The van der Waals surface area contributed by atoms with Gasteiger partial charge in [0, 0.05) is 16.8 Å². The molecule has 130 valence electrons. The molecule has 3 rings (SSSR count). The van der Waals surface area contributed by atoms with Crippen molar-refractivity contribution in [2.75, 3.05) is 17.2 Å². The number of ether oxygens (including phenoxy) is 1. The lowest BCUT2D eigenvalue weighted by Gasteiger charge is -2.22. The van der Waals surface area contributed by atoms with Crippen molar-refractivity contribution < 1.29 is 14.3 Å². The van der Waals surface area contributed by atoms with Crippen molar-refractivity contribution in [2.24, 2.45) is 0 Å². The maximum absolute atomic E-state index is 12.5. The first-order valence-corrected chi connectivity index (χ1v) is 8.45. The average Bonchev–Trinajstić information content (AvgIpc) is 2.91. The highest BCUT2D eigenvalue weighted by Crippen LogP contribution is 2.32. The molecule has 0 aromatic heterocycles. The van der Waals surface area contributed by atoms with Gasteiger partial charge in [0.1, 0.15) is 0 Å². The number of esters is 1. The molecule has 0 saturated carbocycles. The van der Waals surface area contributed by atoms with Crippen molar-refractivity contribution in [3.63, 3.8) is 0 Å². The molecule has 0 saturated heterocycles. The summed E-state index contributed by atoms with van der Waals surface area (Å²) in [5.74, 6) is -1.03. The van der Waals surface area contributed by atoms with E-state index in [0.29, 0.717) is 0 Å². The Hall–Kier alpha value is -2.24. The van der Waals surface area contributed by atoms with E-state index >= 15 is 0 Å². The van der Waals surface area contributed by atoms with Crippen molar-refractivity contribution in [1.82, 2.24) is 0 Å². The Labute approximate surface area is 155 Å². The molecule has 1 atom stereocenters. The van der Waals surface area contributed by atoms with E-state index in [2.05, 4.69) is 0 Å². The van der Waals surface area contributed by atoms with E-state index in [1.165, 1.54) is 12.1 Å². The first kappa shape index (κ1) is 17.6. The van der Waals surface area contributed by atoms with Crippen LogP contribution >= 0.6 is 23.2 Å². The Morgan fingerprint density at radius 1 is 1.28 bits per heavy atom. The lowest BCUT2D eigenvalue weighted by Crippen LogP contribution is -2.38. The maximum Gasteiger partial charge on any atom is 0.340 e. The zero-order valence-electron chi connectivity index (χ0n) is 13.5. The summed E-state index contributed by atoms with van der Waals surface area (Å²) in [4.78, 5) is 26.4. The number of rotatable bonds is 3. The van der Waals surface area contributed by atoms with Crippen LogP contribution in [0.2, 0.25) is 10.0 Å². The van der Waals surface area contributed by atoms with Crippen LogP contribution in [0.1, 0.15) is 22.8 Å². The summed E-state index contributed by atoms with van der Waals surface area (Å²) in [6.07, 6.45) is 0.771. The van der Waals surface area contributed by atoms with Gasteiger partial charge < -0.3 is 15.4 Å². The molecule has 1 unspecified atom stereocenters. The number of para-hydroxylation sites is 1. The van der Waals surface area contributed by atoms with Gasteiger partial charge in [-0.25, -0.2) is 4.79 Å². The van der Waals surface area contributed by atoms with Crippen molar-refractivity contribution in [2.45, 2.75) is 19.4 Å². The monoisotopic (exact) mass is 378 g/mol. The first-order valence-electron chi connectivity index (χ1n) is 7.70. The number of carbonyl (C=O) groups excluding carboxylic acids is 2. The van der Waals surface area contributed by atoms with Gasteiger partial charge in [0.05, 0.1) is 16.3 Å². The van der Waals surface area contributed by atoms with Gasteiger partial charge in [-0.15, -0.1) is 0 Å². The third kappa shape index (κ3) is 3.43. The molecule has 2 aromatic rings. The van der Waals surface area contributed by atoms with Crippen LogP contribution in [0.5, 0.6) is 0 Å². The van der Waals surface area contributed by atoms with Gasteiger partial charge in [-0.2, -0.15) is 0 Å². The second kappa shape index (κ2) is 6.94. The number of benzene rings is 2. The standard InChI is InChI=1S/C18H16Cl2N2O3/c1-10-6-11-4-2-3-5-15(11)22(10)16(23)9-25-18(24)13-7-12(19)8-14(20)17(13)21/h2-5,7-8,10H,6,9,21H2,1H3. The molecule has 1 aliphatic heterocycles. The van der Waals surface area contributed by atoms with Crippen LogP contribution in [0, 0.1) is 0 Å². The summed E-state index contributed by atoms with van der Waals surface area (Å²) in [5, 5.41) is 0.424. The van der Waals surface area contributed by atoms with Crippen LogP contribution in [0.25, 0.3) is 0 Å². The third-order valence-corrected chi connectivity index (χ3v) is 4.65. The number of nitrogens with zero attached hydrogens (tertiary/aromatic N) is 1. The number of amides is 1. The zero-order chi connectivity index (χ0) is 18.1. The predicted octanol–water partition coefficient (Wildman–Crippen LogP) is 3.71. The number of fused-ring (bicyclic) bond motifs is 1. The fourth-order valence-corrected chi connectivity index (χ4v) is 3.47. The summed E-state index contributed by atoms with van der Waals surface area (Å²) in [7, 11) is 0. The second-order valence-electron chi connectivity index (χ2n) is 5.87. The van der Waals surface area contributed by atoms with Crippen molar-refractivity contribution in [3.8, 4) is 0 Å². The predicted molar refractivity (Wildman–Crippen MR) is 98.3 cm³/mol. The number of anilines is 2. The summed E-state index contributed by atoms with van der Waals surface area (Å²) < 4.78 is 5.13. The number of nitrogen functional groups attached to an aromatic ring is 1. The average molecular weight is 379 g/mol. The topological polar surface area (TPSA) is 72.6 Å². The first-order chi connectivity index (χ1) is 11.9. The maximum atomic E-state index is 12.5. The van der Waals surface area contributed by atoms with Gasteiger partial charge in [-0.3, -0.25) is 4.79 Å². The molecule has 0 radical (unpaired) electrons. The molecule has 2 aromatic carbocycles. The molecule has 0 fully saturated rings. The van der Waals surface area contributed by atoms with Crippen molar-refractivity contribution in [1.29, 1.82) is 0 Å². The fraction of sp³-hybridized carbons (Fsp3) is 0.222. The molecular formula is C18H16Cl2N2O3. The minimum atomic E-state index is -0.740. The minimum absolute atomic E-state index is 0.00860. The van der Waals surface area contributed by atoms with Gasteiger partial charge in [0.2, 0.25) is 0 Å². The molecule has 0 bridgehead atoms. The van der Waals surface area contributed by atoms with Crippen LogP contribution in [0.3, 0.4) is 0 Å². The molecule has 1 amide bonds. The molecular weight excluding hydrogens is 363 g/mol. The Morgan fingerprint density at radius 3 is 2.76 bits per heavy atom. The summed E-state index contributed by atoms with van der Waals surface area (Å²) in [6.45, 7) is 1.57. The second-order valence-corrected chi connectivity index (χ2v) is 6.71. The number of nitrogens with two attached hydrogens (primary N) is 1. The zero-order valence-corrected chi connectivity index (χ0v) is 15.0. The van der Waals surface area contributed by atoms with Gasteiger partial charge in [0.25, 0.3) is 5.91 Å². The van der Waals surface area contributed by atoms with Crippen LogP contribution in [0.4, 0.5) is 11.4 Å². The Bertz CT molecular complexity index is 854. The van der Waals surface area contributed by atoms with Gasteiger partial charge in [-0.05, 0) is 37.1 Å². The molecule has 5 nitrogen and oxygen atoms in total. The fourth-order valence-electron chi connectivity index (χ4n) is 2.97. The normalized spacial score (nSPS) is 15.8. The van der Waals surface area contributed by atoms with Gasteiger partial charge in [-0.1, -0.05) is 41.4 Å². The SMILES string of the molecule is CC1Cc2ccccc2N1C(=O)COC(=O)c1cc(Cl)cc(Cl)c1N. The van der Waals surface area contributed by atoms with E-state index in [1.54, 1.807) is 4.90 Å². The van der Waals surface area contributed by atoms with E-state index < -0.39 is 5.97 Å². The summed E-state index contributed by atoms with van der Waals surface area (Å²) >= 11 is 11.8.